The molecule has 0 radical (unpaired) electrons. The molecule has 0 atom stereocenters. The number of hydrogen-bond donors (Lipinski definition) is 1. The average molecular weight is 204 g/mol. The summed E-state index contributed by atoms with van der Waals surface area (Å²) < 4.78 is 1.85. The second-order valence-electron chi connectivity index (χ2n) is 3.53. The van der Waals surface area contributed by atoms with Crippen LogP contribution in [0, 0.1) is 0 Å². The van der Waals surface area contributed by atoms with E-state index in [0.717, 1.165) is 36.4 Å². The molecule has 80 valence electrons. The van der Waals surface area contributed by atoms with Gasteiger partial charge in [-0.05, 0) is 13.0 Å². The van der Waals surface area contributed by atoms with Crippen molar-refractivity contribution in [3.8, 4) is 0 Å². The molecule has 0 aromatic carbocycles. The highest BCUT2D eigenvalue weighted by molar-refractivity contribution is 5.39. The first-order chi connectivity index (χ1) is 7.33. The molecule has 0 saturated heterocycles. The van der Waals surface area contributed by atoms with Gasteiger partial charge in [0.05, 0.1) is 5.69 Å². The van der Waals surface area contributed by atoms with Crippen LogP contribution in [-0.4, -0.2) is 21.1 Å². The van der Waals surface area contributed by atoms with Crippen molar-refractivity contribution in [1.29, 1.82) is 0 Å². The van der Waals surface area contributed by atoms with Crippen LogP contribution in [0.25, 0.3) is 5.65 Å². The van der Waals surface area contributed by atoms with E-state index in [9.17, 15) is 0 Å². The van der Waals surface area contributed by atoms with Crippen LogP contribution in [-0.2, 0) is 13.0 Å². The number of aryl methyl sites for hydroxylation is 1. The summed E-state index contributed by atoms with van der Waals surface area (Å²) in [6.07, 6.45) is 4.88. The van der Waals surface area contributed by atoms with Gasteiger partial charge in [-0.1, -0.05) is 13.8 Å². The zero-order valence-electron chi connectivity index (χ0n) is 9.20. The third-order valence-corrected chi connectivity index (χ3v) is 2.36. The van der Waals surface area contributed by atoms with Gasteiger partial charge in [-0.2, -0.15) is 5.10 Å². The highest BCUT2D eigenvalue weighted by atomic mass is 15.2. The fourth-order valence-corrected chi connectivity index (χ4v) is 1.50. The monoisotopic (exact) mass is 204 g/mol. The van der Waals surface area contributed by atoms with Crippen LogP contribution in [0.5, 0.6) is 0 Å². The molecular formula is C11H16N4. The SMILES string of the molecule is CCNCc1cnc2cc(CC)nn2c1. The molecule has 0 bridgehead atoms. The Labute approximate surface area is 89.3 Å². The number of fused-ring (bicyclic) bond motifs is 1. The van der Waals surface area contributed by atoms with Gasteiger partial charge >= 0.3 is 0 Å². The second-order valence-corrected chi connectivity index (χ2v) is 3.53. The van der Waals surface area contributed by atoms with Crippen LogP contribution in [0.1, 0.15) is 25.1 Å². The van der Waals surface area contributed by atoms with Crippen LogP contribution >= 0.6 is 0 Å². The molecule has 0 saturated carbocycles. The lowest BCUT2D eigenvalue weighted by Crippen LogP contribution is -2.12. The smallest absolute Gasteiger partial charge is 0.155 e. The number of nitrogens with one attached hydrogen (secondary N) is 1. The van der Waals surface area contributed by atoms with Gasteiger partial charge in [-0.25, -0.2) is 9.50 Å². The lowest BCUT2D eigenvalue weighted by molar-refractivity contribution is 0.716. The first-order valence-electron chi connectivity index (χ1n) is 5.37. The number of hydrogen-bond acceptors (Lipinski definition) is 3. The predicted octanol–water partition coefficient (Wildman–Crippen LogP) is 1.40. The molecule has 2 aromatic heterocycles. The average Bonchev–Trinajstić information content (AvgIpc) is 2.68. The molecule has 4 nitrogen and oxygen atoms in total. The molecule has 0 aliphatic rings. The van der Waals surface area contributed by atoms with Crippen molar-refractivity contribution in [2.75, 3.05) is 6.54 Å². The van der Waals surface area contributed by atoms with Gasteiger partial charge in [-0.3, -0.25) is 0 Å². The quantitative estimate of drug-likeness (QED) is 0.818. The van der Waals surface area contributed by atoms with Crippen LogP contribution in [0.15, 0.2) is 18.5 Å². The lowest BCUT2D eigenvalue weighted by atomic mass is 10.3. The lowest BCUT2D eigenvalue weighted by Gasteiger charge is -2.01. The first-order valence-corrected chi connectivity index (χ1v) is 5.37. The van der Waals surface area contributed by atoms with Crippen molar-refractivity contribution < 1.29 is 0 Å². The molecule has 0 aliphatic heterocycles. The Bertz CT molecular complexity index is 447. The Morgan fingerprint density at radius 1 is 1.40 bits per heavy atom. The Balaban J connectivity index is 2.29. The minimum Gasteiger partial charge on any atom is -0.313 e. The van der Waals surface area contributed by atoms with E-state index in [-0.39, 0.29) is 0 Å². The summed E-state index contributed by atoms with van der Waals surface area (Å²) in [4.78, 5) is 4.36. The highest BCUT2D eigenvalue weighted by Crippen LogP contribution is 2.05. The predicted molar refractivity (Wildman–Crippen MR) is 59.7 cm³/mol. The molecule has 0 aliphatic carbocycles. The molecule has 2 heterocycles. The van der Waals surface area contributed by atoms with Crippen LogP contribution in [0.2, 0.25) is 0 Å². The van der Waals surface area contributed by atoms with Crippen molar-refractivity contribution in [2.24, 2.45) is 0 Å². The van der Waals surface area contributed by atoms with E-state index in [0.29, 0.717) is 0 Å². The van der Waals surface area contributed by atoms with E-state index in [1.807, 2.05) is 23.0 Å². The first kappa shape index (κ1) is 10.1. The summed E-state index contributed by atoms with van der Waals surface area (Å²) in [5, 5.41) is 7.70. The van der Waals surface area contributed by atoms with Crippen LogP contribution in [0.3, 0.4) is 0 Å². The maximum Gasteiger partial charge on any atom is 0.155 e. The summed E-state index contributed by atoms with van der Waals surface area (Å²) >= 11 is 0. The molecular weight excluding hydrogens is 188 g/mol. The minimum absolute atomic E-state index is 0.848. The number of aromatic nitrogens is 3. The van der Waals surface area contributed by atoms with Crippen molar-refractivity contribution >= 4 is 5.65 Å². The normalized spacial score (nSPS) is 11.1. The molecule has 4 heteroatoms. The van der Waals surface area contributed by atoms with Crippen molar-refractivity contribution in [3.63, 3.8) is 0 Å². The van der Waals surface area contributed by atoms with E-state index in [1.165, 1.54) is 0 Å². The Morgan fingerprint density at radius 2 is 2.27 bits per heavy atom. The fourth-order valence-electron chi connectivity index (χ4n) is 1.50. The maximum atomic E-state index is 4.43. The second kappa shape index (κ2) is 4.40. The largest absolute Gasteiger partial charge is 0.313 e. The van der Waals surface area contributed by atoms with Gasteiger partial charge in [0.25, 0.3) is 0 Å². The van der Waals surface area contributed by atoms with E-state index in [1.54, 1.807) is 0 Å². The van der Waals surface area contributed by atoms with E-state index >= 15 is 0 Å². The van der Waals surface area contributed by atoms with Crippen LogP contribution in [0.4, 0.5) is 0 Å². The van der Waals surface area contributed by atoms with E-state index in [2.05, 4.69) is 29.2 Å². The zero-order chi connectivity index (χ0) is 10.7. The third kappa shape index (κ3) is 2.15. The van der Waals surface area contributed by atoms with E-state index in [4.69, 9.17) is 0 Å². The zero-order valence-corrected chi connectivity index (χ0v) is 9.20. The van der Waals surface area contributed by atoms with E-state index < -0.39 is 0 Å². The maximum absolute atomic E-state index is 4.43. The Hall–Kier alpha value is -1.42. The third-order valence-electron chi connectivity index (χ3n) is 2.36. The minimum atomic E-state index is 0.848. The summed E-state index contributed by atoms with van der Waals surface area (Å²) in [5.41, 5.74) is 3.17. The molecule has 0 amide bonds. The highest BCUT2D eigenvalue weighted by Gasteiger charge is 2.01. The van der Waals surface area contributed by atoms with Crippen LogP contribution < -0.4 is 5.32 Å². The Morgan fingerprint density at radius 3 is 3.00 bits per heavy atom. The molecule has 0 spiro atoms. The van der Waals surface area contributed by atoms with Gasteiger partial charge < -0.3 is 5.32 Å². The molecule has 0 fully saturated rings. The van der Waals surface area contributed by atoms with Gasteiger partial charge in [0.2, 0.25) is 0 Å². The van der Waals surface area contributed by atoms with Crippen molar-refractivity contribution in [2.45, 2.75) is 26.8 Å². The van der Waals surface area contributed by atoms with Gasteiger partial charge in [0.15, 0.2) is 5.65 Å². The molecule has 15 heavy (non-hydrogen) atoms. The topological polar surface area (TPSA) is 42.2 Å². The summed E-state index contributed by atoms with van der Waals surface area (Å²) in [6.45, 7) is 6.01. The Kier molecular flexibility index (Phi) is 2.97. The van der Waals surface area contributed by atoms with Crippen molar-refractivity contribution in [1.82, 2.24) is 19.9 Å². The molecule has 1 N–H and O–H groups in total. The molecule has 0 unspecified atom stereocenters. The molecule has 2 aromatic rings. The summed E-state index contributed by atoms with van der Waals surface area (Å²) in [7, 11) is 0. The number of nitrogens with zero attached hydrogens (tertiary/aromatic N) is 3. The summed E-state index contributed by atoms with van der Waals surface area (Å²) in [5.74, 6) is 0. The summed E-state index contributed by atoms with van der Waals surface area (Å²) in [6, 6.07) is 2.02. The van der Waals surface area contributed by atoms with Crippen molar-refractivity contribution in [3.05, 3.63) is 29.7 Å². The van der Waals surface area contributed by atoms with Gasteiger partial charge in [0, 0.05) is 30.6 Å². The number of rotatable bonds is 4. The van der Waals surface area contributed by atoms with Gasteiger partial charge in [-0.15, -0.1) is 0 Å². The fraction of sp³-hybridized carbons (Fsp3) is 0.455. The molecule has 2 rings (SSSR count). The standard InChI is InChI=1S/C11H16N4/c1-3-10-5-11-13-7-9(6-12-4-2)8-15(11)14-10/h5,7-8,12H,3-4,6H2,1-2H3. The van der Waals surface area contributed by atoms with Gasteiger partial charge in [0.1, 0.15) is 0 Å².